The zero-order valence-corrected chi connectivity index (χ0v) is 11.4. The highest BCUT2D eigenvalue weighted by Crippen LogP contribution is 2.21. The zero-order chi connectivity index (χ0) is 13.8. The molecule has 0 unspecified atom stereocenters. The van der Waals surface area contributed by atoms with Crippen molar-refractivity contribution < 1.29 is 13.5 Å². The van der Waals surface area contributed by atoms with Gasteiger partial charge in [0, 0.05) is 31.5 Å². The minimum atomic E-state index is -0.652. The first-order valence-corrected chi connectivity index (χ1v) is 6.68. The third-order valence-electron chi connectivity index (χ3n) is 2.83. The highest BCUT2D eigenvalue weighted by Gasteiger charge is 2.15. The van der Waals surface area contributed by atoms with E-state index in [0.29, 0.717) is 43.4 Å². The van der Waals surface area contributed by atoms with E-state index in [1.54, 1.807) is 4.57 Å². The van der Waals surface area contributed by atoms with E-state index in [4.69, 9.17) is 16.3 Å². The number of benzene rings is 1. The molecule has 1 aromatic heterocycles. The predicted octanol–water partition coefficient (Wildman–Crippen LogP) is 3.13. The Balaban J connectivity index is 2.46. The van der Waals surface area contributed by atoms with Crippen molar-refractivity contribution in [2.75, 3.05) is 19.1 Å². The molecular weight excluding hydrogens is 274 g/mol. The van der Waals surface area contributed by atoms with E-state index in [1.807, 2.05) is 6.92 Å². The first-order valence-electron chi connectivity index (χ1n) is 6.15. The summed E-state index contributed by atoms with van der Waals surface area (Å²) in [7, 11) is 0. The Morgan fingerprint density at radius 3 is 2.84 bits per heavy atom. The van der Waals surface area contributed by atoms with E-state index in [0.717, 1.165) is 6.07 Å². The largest absolute Gasteiger partial charge is 0.380 e. The van der Waals surface area contributed by atoms with Gasteiger partial charge in [-0.2, -0.15) is 0 Å². The number of halogens is 3. The van der Waals surface area contributed by atoms with Gasteiger partial charge in [-0.25, -0.2) is 13.8 Å². The lowest BCUT2D eigenvalue weighted by Crippen LogP contribution is -2.10. The lowest BCUT2D eigenvalue weighted by Gasteiger charge is -2.08. The molecule has 1 aromatic carbocycles. The molecule has 2 rings (SSSR count). The standard InChI is InChI=1S/C13H15ClF2N2O/c1-2-19-6-5-18-11-8-9(15)7-10(16)13(11)17-12(18)3-4-14/h7-8H,2-6H2,1H3. The van der Waals surface area contributed by atoms with Crippen molar-refractivity contribution in [1.82, 2.24) is 9.55 Å². The van der Waals surface area contributed by atoms with Gasteiger partial charge in [-0.1, -0.05) is 0 Å². The molecule has 0 spiro atoms. The number of nitrogens with zero attached hydrogens (tertiary/aromatic N) is 2. The number of fused-ring (bicyclic) bond motifs is 1. The Morgan fingerprint density at radius 2 is 2.16 bits per heavy atom. The molecule has 1 heterocycles. The molecule has 0 aliphatic carbocycles. The van der Waals surface area contributed by atoms with Crippen LogP contribution < -0.4 is 0 Å². The van der Waals surface area contributed by atoms with Gasteiger partial charge in [-0.05, 0) is 13.0 Å². The van der Waals surface area contributed by atoms with Crippen molar-refractivity contribution in [2.24, 2.45) is 0 Å². The quantitative estimate of drug-likeness (QED) is 0.603. The fourth-order valence-corrected chi connectivity index (χ4v) is 2.19. The summed E-state index contributed by atoms with van der Waals surface area (Å²) in [5.74, 6) is -0.239. The van der Waals surface area contributed by atoms with Crippen molar-refractivity contribution in [3.63, 3.8) is 0 Å². The van der Waals surface area contributed by atoms with Crippen molar-refractivity contribution in [3.05, 3.63) is 29.6 Å². The smallest absolute Gasteiger partial charge is 0.153 e. The highest BCUT2D eigenvalue weighted by atomic mass is 35.5. The molecule has 0 radical (unpaired) electrons. The van der Waals surface area contributed by atoms with Crippen LogP contribution in [-0.4, -0.2) is 28.6 Å². The summed E-state index contributed by atoms with van der Waals surface area (Å²) in [5, 5.41) is 0. The van der Waals surface area contributed by atoms with Gasteiger partial charge >= 0.3 is 0 Å². The Hall–Kier alpha value is -1.20. The van der Waals surface area contributed by atoms with Crippen molar-refractivity contribution in [3.8, 4) is 0 Å². The fraction of sp³-hybridized carbons (Fsp3) is 0.462. The van der Waals surface area contributed by atoms with E-state index in [1.165, 1.54) is 6.07 Å². The average Bonchev–Trinajstić information content (AvgIpc) is 2.69. The van der Waals surface area contributed by atoms with Gasteiger partial charge in [0.25, 0.3) is 0 Å². The normalized spacial score (nSPS) is 11.4. The van der Waals surface area contributed by atoms with Gasteiger partial charge in [0.2, 0.25) is 0 Å². The lowest BCUT2D eigenvalue weighted by atomic mass is 10.3. The lowest BCUT2D eigenvalue weighted by molar-refractivity contribution is 0.139. The summed E-state index contributed by atoms with van der Waals surface area (Å²) < 4.78 is 34.1. The number of hydrogen-bond donors (Lipinski definition) is 0. The third kappa shape index (κ3) is 3.04. The summed E-state index contributed by atoms with van der Waals surface area (Å²) in [4.78, 5) is 4.20. The monoisotopic (exact) mass is 288 g/mol. The summed E-state index contributed by atoms with van der Waals surface area (Å²) in [6.07, 6.45) is 0.503. The Morgan fingerprint density at radius 1 is 1.37 bits per heavy atom. The number of rotatable bonds is 6. The predicted molar refractivity (Wildman–Crippen MR) is 70.6 cm³/mol. The number of imidazole rings is 1. The molecule has 0 aliphatic rings. The van der Waals surface area contributed by atoms with Gasteiger partial charge in [-0.15, -0.1) is 11.6 Å². The van der Waals surface area contributed by atoms with Crippen molar-refractivity contribution >= 4 is 22.6 Å². The molecule has 0 amide bonds. The van der Waals surface area contributed by atoms with Crippen LogP contribution in [0.4, 0.5) is 8.78 Å². The molecule has 0 aliphatic heterocycles. The van der Waals surface area contributed by atoms with E-state index < -0.39 is 11.6 Å². The summed E-state index contributed by atoms with van der Waals surface area (Å²) >= 11 is 5.72. The SMILES string of the molecule is CCOCCn1c(CCCl)nc2c(F)cc(F)cc21. The fourth-order valence-electron chi connectivity index (χ4n) is 2.02. The van der Waals surface area contributed by atoms with Crippen LogP contribution >= 0.6 is 11.6 Å². The van der Waals surface area contributed by atoms with Crippen LogP contribution in [0.3, 0.4) is 0 Å². The van der Waals surface area contributed by atoms with Gasteiger partial charge in [-0.3, -0.25) is 0 Å². The summed E-state index contributed by atoms with van der Waals surface area (Å²) in [5.41, 5.74) is 0.621. The molecular formula is C13H15ClF2N2O. The van der Waals surface area contributed by atoms with E-state index in [2.05, 4.69) is 4.98 Å². The number of alkyl halides is 1. The van der Waals surface area contributed by atoms with Crippen LogP contribution in [0.2, 0.25) is 0 Å². The van der Waals surface area contributed by atoms with Gasteiger partial charge in [0.1, 0.15) is 17.2 Å². The van der Waals surface area contributed by atoms with Crippen LogP contribution in [0.1, 0.15) is 12.7 Å². The van der Waals surface area contributed by atoms with Gasteiger partial charge < -0.3 is 9.30 Å². The van der Waals surface area contributed by atoms with E-state index >= 15 is 0 Å². The second-order valence-electron chi connectivity index (χ2n) is 4.07. The molecule has 104 valence electrons. The van der Waals surface area contributed by atoms with Crippen LogP contribution in [0, 0.1) is 11.6 Å². The van der Waals surface area contributed by atoms with Gasteiger partial charge in [0.15, 0.2) is 5.82 Å². The molecule has 3 nitrogen and oxygen atoms in total. The Labute approximate surface area is 115 Å². The maximum Gasteiger partial charge on any atom is 0.153 e. The number of hydrogen-bond acceptors (Lipinski definition) is 2. The maximum atomic E-state index is 13.7. The first-order chi connectivity index (χ1) is 9.17. The second kappa shape index (κ2) is 6.30. The zero-order valence-electron chi connectivity index (χ0n) is 10.6. The molecule has 0 atom stereocenters. The minimum absolute atomic E-state index is 0.179. The van der Waals surface area contributed by atoms with Crippen molar-refractivity contribution in [2.45, 2.75) is 19.9 Å². The Bertz CT molecular complexity index is 571. The second-order valence-corrected chi connectivity index (χ2v) is 4.45. The molecule has 0 saturated heterocycles. The third-order valence-corrected chi connectivity index (χ3v) is 3.02. The minimum Gasteiger partial charge on any atom is -0.380 e. The van der Waals surface area contributed by atoms with Crippen LogP contribution in [0.5, 0.6) is 0 Å². The summed E-state index contributed by atoms with van der Waals surface area (Å²) in [6.45, 7) is 3.46. The number of ether oxygens (including phenoxy) is 1. The van der Waals surface area contributed by atoms with Crippen molar-refractivity contribution in [1.29, 1.82) is 0 Å². The highest BCUT2D eigenvalue weighted by molar-refractivity contribution is 6.17. The molecule has 0 fully saturated rings. The topological polar surface area (TPSA) is 27.1 Å². The molecule has 2 aromatic rings. The molecule has 0 saturated carbocycles. The van der Waals surface area contributed by atoms with E-state index in [9.17, 15) is 8.78 Å². The van der Waals surface area contributed by atoms with Crippen LogP contribution in [0.15, 0.2) is 12.1 Å². The maximum absolute atomic E-state index is 13.7. The van der Waals surface area contributed by atoms with Gasteiger partial charge in [0.05, 0.1) is 12.1 Å². The molecule has 6 heteroatoms. The number of aromatic nitrogens is 2. The molecule has 0 bridgehead atoms. The van der Waals surface area contributed by atoms with Crippen LogP contribution in [-0.2, 0) is 17.7 Å². The number of aryl methyl sites for hydroxylation is 1. The summed E-state index contributed by atoms with van der Waals surface area (Å²) in [6, 6.07) is 2.13. The first kappa shape index (κ1) is 14.2. The Kier molecular flexibility index (Phi) is 4.71. The molecule has 19 heavy (non-hydrogen) atoms. The van der Waals surface area contributed by atoms with Crippen LogP contribution in [0.25, 0.3) is 11.0 Å². The van der Waals surface area contributed by atoms with E-state index in [-0.39, 0.29) is 5.52 Å². The molecule has 0 N–H and O–H groups in total. The average molecular weight is 289 g/mol.